The van der Waals surface area contributed by atoms with Gasteiger partial charge in [0.2, 0.25) is 5.56 Å². The van der Waals surface area contributed by atoms with Gasteiger partial charge < -0.3 is 16.0 Å². The number of pyridine rings is 1. The maximum atomic E-state index is 12.5. The SMILES string of the molecule is CC(C)(C)C(CN)NC(=O)c1cc(=O)[nH]c2ccccc12. The molecule has 1 heterocycles. The zero-order valence-electron chi connectivity index (χ0n) is 12.6. The van der Waals surface area contributed by atoms with Gasteiger partial charge in [-0.2, -0.15) is 0 Å². The van der Waals surface area contributed by atoms with Crippen LogP contribution >= 0.6 is 0 Å². The van der Waals surface area contributed by atoms with E-state index in [2.05, 4.69) is 10.3 Å². The fourth-order valence-electron chi connectivity index (χ4n) is 2.26. The molecule has 0 aliphatic rings. The van der Waals surface area contributed by atoms with Crippen molar-refractivity contribution in [1.82, 2.24) is 10.3 Å². The van der Waals surface area contributed by atoms with Crippen molar-refractivity contribution < 1.29 is 4.79 Å². The van der Waals surface area contributed by atoms with Crippen molar-refractivity contribution in [2.75, 3.05) is 6.54 Å². The van der Waals surface area contributed by atoms with Gasteiger partial charge in [0.15, 0.2) is 0 Å². The van der Waals surface area contributed by atoms with Crippen molar-refractivity contribution in [3.05, 3.63) is 46.2 Å². The van der Waals surface area contributed by atoms with Crippen LogP contribution in [-0.4, -0.2) is 23.5 Å². The standard InChI is InChI=1S/C16H21N3O2/c1-16(2,3)13(9-17)19-15(21)11-8-14(20)18-12-7-5-4-6-10(11)12/h4-8,13H,9,17H2,1-3H3,(H,18,20)(H,19,21). The number of carbonyl (C=O) groups excluding carboxylic acids is 1. The smallest absolute Gasteiger partial charge is 0.252 e. The van der Waals surface area contributed by atoms with Gasteiger partial charge in [-0.25, -0.2) is 0 Å². The Kier molecular flexibility index (Phi) is 4.14. The number of nitrogens with one attached hydrogen (secondary N) is 2. The third kappa shape index (κ3) is 3.31. The normalized spacial score (nSPS) is 13.1. The quantitative estimate of drug-likeness (QED) is 0.801. The number of fused-ring (bicyclic) bond motifs is 1. The van der Waals surface area contributed by atoms with Gasteiger partial charge in [-0.3, -0.25) is 9.59 Å². The summed E-state index contributed by atoms with van der Waals surface area (Å²) in [6.07, 6.45) is 0. The van der Waals surface area contributed by atoms with E-state index >= 15 is 0 Å². The molecule has 0 radical (unpaired) electrons. The summed E-state index contributed by atoms with van der Waals surface area (Å²) in [5, 5.41) is 3.65. The van der Waals surface area contributed by atoms with Crippen molar-refractivity contribution in [3.63, 3.8) is 0 Å². The fourth-order valence-corrected chi connectivity index (χ4v) is 2.26. The third-order valence-corrected chi connectivity index (χ3v) is 3.58. The highest BCUT2D eigenvalue weighted by molar-refractivity contribution is 6.06. The Morgan fingerprint density at radius 1 is 1.33 bits per heavy atom. The summed E-state index contributed by atoms with van der Waals surface area (Å²) in [6, 6.07) is 8.41. The van der Waals surface area contributed by atoms with Gasteiger partial charge in [-0.05, 0) is 11.5 Å². The largest absolute Gasteiger partial charge is 0.347 e. The summed E-state index contributed by atoms with van der Waals surface area (Å²) in [7, 11) is 0. The van der Waals surface area contributed by atoms with Gasteiger partial charge in [0, 0.05) is 29.6 Å². The van der Waals surface area contributed by atoms with E-state index in [4.69, 9.17) is 5.73 Å². The number of aromatic nitrogens is 1. The molecule has 0 spiro atoms. The first-order valence-electron chi connectivity index (χ1n) is 6.96. The summed E-state index contributed by atoms with van der Waals surface area (Å²) in [5.41, 5.74) is 6.32. The lowest BCUT2D eigenvalue weighted by Crippen LogP contribution is -2.48. The van der Waals surface area contributed by atoms with E-state index in [0.29, 0.717) is 17.6 Å². The van der Waals surface area contributed by atoms with E-state index in [1.165, 1.54) is 6.07 Å². The Labute approximate surface area is 123 Å². The summed E-state index contributed by atoms with van der Waals surface area (Å²) >= 11 is 0. The molecule has 21 heavy (non-hydrogen) atoms. The molecule has 5 heteroatoms. The molecule has 4 N–H and O–H groups in total. The van der Waals surface area contributed by atoms with E-state index in [9.17, 15) is 9.59 Å². The summed E-state index contributed by atoms with van der Waals surface area (Å²) in [5.74, 6) is -0.275. The average Bonchev–Trinajstić information content (AvgIpc) is 2.42. The predicted octanol–water partition coefficient (Wildman–Crippen LogP) is 1.63. The first kappa shape index (κ1) is 15.3. The molecule has 1 aromatic carbocycles. The van der Waals surface area contributed by atoms with E-state index in [1.807, 2.05) is 39.0 Å². The van der Waals surface area contributed by atoms with Crippen LogP contribution in [-0.2, 0) is 0 Å². The number of nitrogens with two attached hydrogens (primary N) is 1. The zero-order valence-corrected chi connectivity index (χ0v) is 12.6. The molecule has 0 aliphatic carbocycles. The maximum absolute atomic E-state index is 12.5. The minimum Gasteiger partial charge on any atom is -0.347 e. The van der Waals surface area contributed by atoms with Crippen LogP contribution in [0.15, 0.2) is 35.1 Å². The molecular formula is C16H21N3O2. The van der Waals surface area contributed by atoms with Crippen LogP contribution in [0.1, 0.15) is 31.1 Å². The maximum Gasteiger partial charge on any atom is 0.252 e. The second-order valence-corrected chi connectivity index (χ2v) is 6.22. The number of benzene rings is 1. The van der Waals surface area contributed by atoms with Gasteiger partial charge in [-0.1, -0.05) is 39.0 Å². The molecule has 1 unspecified atom stereocenters. The Morgan fingerprint density at radius 3 is 2.62 bits per heavy atom. The predicted molar refractivity (Wildman–Crippen MR) is 84.3 cm³/mol. The van der Waals surface area contributed by atoms with E-state index in [-0.39, 0.29) is 22.9 Å². The third-order valence-electron chi connectivity index (χ3n) is 3.58. The van der Waals surface area contributed by atoms with Crippen LogP contribution in [0, 0.1) is 5.41 Å². The van der Waals surface area contributed by atoms with Gasteiger partial charge >= 0.3 is 0 Å². The molecule has 0 fully saturated rings. The highest BCUT2D eigenvalue weighted by Crippen LogP contribution is 2.20. The summed E-state index contributed by atoms with van der Waals surface area (Å²) in [6.45, 7) is 6.39. The van der Waals surface area contributed by atoms with Crippen molar-refractivity contribution in [2.45, 2.75) is 26.8 Å². The number of carbonyl (C=O) groups is 1. The molecule has 1 aromatic heterocycles. The monoisotopic (exact) mass is 287 g/mol. The van der Waals surface area contributed by atoms with Crippen LogP contribution < -0.4 is 16.6 Å². The summed E-state index contributed by atoms with van der Waals surface area (Å²) in [4.78, 5) is 26.9. The van der Waals surface area contributed by atoms with Gasteiger partial charge in [0.1, 0.15) is 0 Å². The molecule has 1 atom stereocenters. The number of aromatic amines is 1. The van der Waals surface area contributed by atoms with Gasteiger partial charge in [-0.15, -0.1) is 0 Å². The minimum atomic E-state index is -0.293. The van der Waals surface area contributed by atoms with Gasteiger partial charge in [0.05, 0.1) is 5.56 Å². The number of para-hydroxylation sites is 1. The molecule has 1 amide bonds. The second-order valence-electron chi connectivity index (χ2n) is 6.22. The first-order valence-corrected chi connectivity index (χ1v) is 6.96. The second kappa shape index (κ2) is 5.69. The number of rotatable bonds is 3. The molecule has 0 bridgehead atoms. The van der Waals surface area contributed by atoms with E-state index in [1.54, 1.807) is 6.07 Å². The van der Waals surface area contributed by atoms with Crippen LogP contribution in [0.2, 0.25) is 0 Å². The van der Waals surface area contributed by atoms with Crippen molar-refractivity contribution in [1.29, 1.82) is 0 Å². The van der Waals surface area contributed by atoms with E-state index < -0.39 is 0 Å². The van der Waals surface area contributed by atoms with Crippen LogP contribution in [0.4, 0.5) is 0 Å². The molecule has 2 rings (SSSR count). The highest BCUT2D eigenvalue weighted by atomic mass is 16.2. The molecule has 2 aromatic rings. The Bertz CT molecular complexity index is 713. The summed E-state index contributed by atoms with van der Waals surface area (Å²) < 4.78 is 0. The zero-order chi connectivity index (χ0) is 15.6. The van der Waals surface area contributed by atoms with Crippen molar-refractivity contribution in [2.24, 2.45) is 11.1 Å². The topological polar surface area (TPSA) is 88.0 Å². The number of H-pyrrole nitrogens is 1. The van der Waals surface area contributed by atoms with Crippen LogP contribution in [0.3, 0.4) is 0 Å². The molecule has 0 saturated carbocycles. The molecule has 112 valence electrons. The first-order chi connectivity index (χ1) is 9.82. The van der Waals surface area contributed by atoms with Crippen molar-refractivity contribution in [3.8, 4) is 0 Å². The average molecular weight is 287 g/mol. The Morgan fingerprint density at radius 2 is 2.00 bits per heavy atom. The molecule has 0 saturated heterocycles. The lowest BCUT2D eigenvalue weighted by molar-refractivity contribution is 0.0907. The molecular weight excluding hydrogens is 266 g/mol. The van der Waals surface area contributed by atoms with Crippen molar-refractivity contribution >= 4 is 16.8 Å². The molecule has 0 aliphatic heterocycles. The van der Waals surface area contributed by atoms with Crippen LogP contribution in [0.5, 0.6) is 0 Å². The van der Waals surface area contributed by atoms with Crippen LogP contribution in [0.25, 0.3) is 10.9 Å². The van der Waals surface area contributed by atoms with E-state index in [0.717, 1.165) is 5.39 Å². The lowest BCUT2D eigenvalue weighted by atomic mass is 9.86. The number of amides is 1. The number of hydrogen-bond donors (Lipinski definition) is 3. The Balaban J connectivity index is 2.42. The lowest BCUT2D eigenvalue weighted by Gasteiger charge is -2.30. The number of hydrogen-bond acceptors (Lipinski definition) is 3. The molecule has 5 nitrogen and oxygen atoms in total. The minimum absolute atomic E-state index is 0.151. The fraction of sp³-hybridized carbons (Fsp3) is 0.375. The van der Waals surface area contributed by atoms with Gasteiger partial charge in [0.25, 0.3) is 5.91 Å². The Hall–Kier alpha value is -2.14. The highest BCUT2D eigenvalue weighted by Gasteiger charge is 2.25.